The molecule has 3 heterocycles. The molecule has 3 aliphatic heterocycles. The third kappa shape index (κ3) is 3.47. The molecule has 2 saturated heterocycles. The first-order valence-electron chi connectivity index (χ1n) is 10.3. The number of aliphatic hydroxyl groups excluding tert-OH is 1. The second-order valence-corrected chi connectivity index (χ2v) is 8.44. The standard InChI is InChI=1S/C21H28N2O5/c24-18-10-16-12-23(11-15(16)9-17(18)22-3-5-26-6-4-22)21(25)8-14-1-2-19-20(7-14)28-13-27-19/h1-2,7,15-18,24H,3-6,8-13H2/t15-,16+,17-,18-/m1/s1. The van der Waals surface area contributed by atoms with Crippen molar-refractivity contribution in [2.24, 2.45) is 11.8 Å². The van der Waals surface area contributed by atoms with Crippen LogP contribution in [0.15, 0.2) is 18.2 Å². The largest absolute Gasteiger partial charge is 0.454 e. The van der Waals surface area contributed by atoms with Gasteiger partial charge in [-0.2, -0.15) is 0 Å². The minimum Gasteiger partial charge on any atom is -0.454 e. The summed E-state index contributed by atoms with van der Waals surface area (Å²) in [6.07, 6.45) is 1.84. The lowest BCUT2D eigenvalue weighted by atomic mass is 9.77. The van der Waals surface area contributed by atoms with Crippen molar-refractivity contribution < 1.29 is 24.1 Å². The van der Waals surface area contributed by atoms with E-state index in [-0.39, 0.29) is 24.8 Å². The summed E-state index contributed by atoms with van der Waals surface area (Å²) < 4.78 is 16.2. The van der Waals surface area contributed by atoms with E-state index in [1.807, 2.05) is 23.1 Å². The maximum Gasteiger partial charge on any atom is 0.231 e. The molecule has 7 heteroatoms. The van der Waals surface area contributed by atoms with E-state index < -0.39 is 0 Å². The van der Waals surface area contributed by atoms with Crippen LogP contribution in [0.5, 0.6) is 11.5 Å². The number of carbonyl (C=O) groups is 1. The Kier molecular flexibility index (Phi) is 4.90. The number of morpholine rings is 1. The lowest BCUT2D eigenvalue weighted by molar-refractivity contribution is -0.129. The molecule has 3 fully saturated rings. The van der Waals surface area contributed by atoms with Gasteiger partial charge in [-0.3, -0.25) is 9.69 Å². The summed E-state index contributed by atoms with van der Waals surface area (Å²) in [5, 5.41) is 10.7. The average molecular weight is 388 g/mol. The second kappa shape index (κ2) is 7.54. The highest BCUT2D eigenvalue weighted by Gasteiger charge is 2.44. The van der Waals surface area contributed by atoms with Crippen molar-refractivity contribution in [3.63, 3.8) is 0 Å². The zero-order valence-corrected chi connectivity index (χ0v) is 16.1. The van der Waals surface area contributed by atoms with Crippen LogP contribution in [0.25, 0.3) is 0 Å². The number of hydrogen-bond acceptors (Lipinski definition) is 6. The predicted octanol–water partition coefficient (Wildman–Crippen LogP) is 0.888. The Morgan fingerprint density at radius 2 is 1.82 bits per heavy atom. The summed E-state index contributed by atoms with van der Waals surface area (Å²) in [5.74, 6) is 2.51. The summed E-state index contributed by atoms with van der Waals surface area (Å²) in [6.45, 7) is 5.10. The predicted molar refractivity (Wildman–Crippen MR) is 101 cm³/mol. The van der Waals surface area contributed by atoms with Crippen LogP contribution in [0.1, 0.15) is 18.4 Å². The number of hydrogen-bond donors (Lipinski definition) is 1. The molecular formula is C21H28N2O5. The Morgan fingerprint density at radius 3 is 2.64 bits per heavy atom. The molecule has 0 bridgehead atoms. The van der Waals surface area contributed by atoms with Crippen molar-refractivity contribution in [3.05, 3.63) is 23.8 Å². The van der Waals surface area contributed by atoms with Gasteiger partial charge in [-0.25, -0.2) is 0 Å². The van der Waals surface area contributed by atoms with E-state index in [9.17, 15) is 9.90 Å². The third-order valence-electron chi connectivity index (χ3n) is 6.77. The minimum atomic E-state index is -0.303. The molecule has 28 heavy (non-hydrogen) atoms. The fraction of sp³-hybridized carbons (Fsp3) is 0.667. The minimum absolute atomic E-state index is 0.158. The first-order chi connectivity index (χ1) is 13.7. The van der Waals surface area contributed by atoms with Gasteiger partial charge in [0.05, 0.1) is 25.7 Å². The molecule has 0 radical (unpaired) electrons. The van der Waals surface area contributed by atoms with Gasteiger partial charge in [-0.1, -0.05) is 6.07 Å². The number of fused-ring (bicyclic) bond motifs is 2. The van der Waals surface area contributed by atoms with E-state index in [0.29, 0.717) is 18.3 Å². The van der Waals surface area contributed by atoms with Crippen LogP contribution in [0.4, 0.5) is 0 Å². The molecule has 1 aromatic rings. The summed E-state index contributed by atoms with van der Waals surface area (Å²) in [5.41, 5.74) is 0.954. The topological polar surface area (TPSA) is 71.5 Å². The Morgan fingerprint density at radius 1 is 1.07 bits per heavy atom. The van der Waals surface area contributed by atoms with Crippen LogP contribution in [0.2, 0.25) is 0 Å². The van der Waals surface area contributed by atoms with Crippen molar-refractivity contribution in [2.45, 2.75) is 31.4 Å². The maximum atomic E-state index is 12.9. The number of carbonyl (C=O) groups excluding carboxylic acids is 1. The molecule has 0 unspecified atom stereocenters. The molecule has 0 spiro atoms. The van der Waals surface area contributed by atoms with Gasteiger partial charge < -0.3 is 24.2 Å². The molecule has 4 atom stereocenters. The SMILES string of the molecule is O=C(Cc1ccc2c(c1)OCO2)N1C[C@H]2C[C@@H](N3CCOCC3)[C@H](O)C[C@H]2C1. The molecule has 1 amide bonds. The molecule has 5 rings (SSSR count). The molecule has 1 aliphatic carbocycles. The Balaban J connectivity index is 1.21. The third-order valence-corrected chi connectivity index (χ3v) is 6.77. The summed E-state index contributed by atoms with van der Waals surface area (Å²) in [4.78, 5) is 17.3. The smallest absolute Gasteiger partial charge is 0.231 e. The number of ether oxygens (including phenoxy) is 3. The van der Waals surface area contributed by atoms with Gasteiger partial charge in [-0.15, -0.1) is 0 Å². The highest BCUT2D eigenvalue weighted by molar-refractivity contribution is 5.79. The van der Waals surface area contributed by atoms with Gasteiger partial charge in [0, 0.05) is 32.2 Å². The molecule has 1 aromatic carbocycles. The number of likely N-dealkylation sites (tertiary alicyclic amines) is 1. The van der Waals surface area contributed by atoms with Gasteiger partial charge in [0.25, 0.3) is 0 Å². The lowest BCUT2D eigenvalue weighted by Gasteiger charge is -2.43. The van der Waals surface area contributed by atoms with Crippen LogP contribution in [-0.4, -0.2) is 79.1 Å². The van der Waals surface area contributed by atoms with Gasteiger partial charge in [-0.05, 0) is 42.4 Å². The van der Waals surface area contributed by atoms with Gasteiger partial charge >= 0.3 is 0 Å². The lowest BCUT2D eigenvalue weighted by Crippen LogP contribution is -2.53. The van der Waals surface area contributed by atoms with E-state index >= 15 is 0 Å². The van der Waals surface area contributed by atoms with Crippen molar-refractivity contribution in [3.8, 4) is 11.5 Å². The molecular weight excluding hydrogens is 360 g/mol. The normalized spacial score (nSPS) is 32.4. The van der Waals surface area contributed by atoms with Gasteiger partial charge in [0.1, 0.15) is 0 Å². The highest BCUT2D eigenvalue weighted by Crippen LogP contribution is 2.39. The van der Waals surface area contributed by atoms with Crippen molar-refractivity contribution in [2.75, 3.05) is 46.2 Å². The monoisotopic (exact) mass is 388 g/mol. The van der Waals surface area contributed by atoms with Crippen molar-refractivity contribution in [1.29, 1.82) is 0 Å². The quantitative estimate of drug-likeness (QED) is 0.829. The highest BCUT2D eigenvalue weighted by atomic mass is 16.7. The number of benzene rings is 1. The van der Waals surface area contributed by atoms with Crippen LogP contribution in [0.3, 0.4) is 0 Å². The van der Waals surface area contributed by atoms with Crippen LogP contribution in [-0.2, 0) is 16.0 Å². The van der Waals surface area contributed by atoms with Crippen LogP contribution < -0.4 is 9.47 Å². The van der Waals surface area contributed by atoms with E-state index in [2.05, 4.69) is 4.90 Å². The number of nitrogens with zero attached hydrogens (tertiary/aromatic N) is 2. The van der Waals surface area contributed by atoms with Gasteiger partial charge in [0.2, 0.25) is 12.7 Å². The summed E-state index contributed by atoms with van der Waals surface area (Å²) in [6, 6.07) is 5.92. The zero-order chi connectivity index (χ0) is 19.1. The molecule has 152 valence electrons. The zero-order valence-electron chi connectivity index (χ0n) is 16.1. The number of rotatable bonds is 3. The maximum absolute atomic E-state index is 12.9. The fourth-order valence-corrected chi connectivity index (χ4v) is 5.25. The number of amides is 1. The Labute approximate surface area is 165 Å². The number of aliphatic hydroxyl groups is 1. The fourth-order valence-electron chi connectivity index (χ4n) is 5.25. The van der Waals surface area contributed by atoms with Gasteiger partial charge in [0.15, 0.2) is 11.5 Å². The summed E-state index contributed by atoms with van der Waals surface area (Å²) >= 11 is 0. The van der Waals surface area contributed by atoms with Crippen molar-refractivity contribution >= 4 is 5.91 Å². The summed E-state index contributed by atoms with van der Waals surface area (Å²) in [7, 11) is 0. The first-order valence-corrected chi connectivity index (χ1v) is 10.3. The van der Waals surface area contributed by atoms with Crippen LogP contribution in [0, 0.1) is 11.8 Å². The average Bonchev–Trinajstić information content (AvgIpc) is 3.34. The van der Waals surface area contributed by atoms with Crippen LogP contribution >= 0.6 is 0 Å². The Hall–Kier alpha value is -1.83. The molecule has 1 N–H and O–H groups in total. The van der Waals surface area contributed by atoms with E-state index in [1.165, 1.54) is 0 Å². The van der Waals surface area contributed by atoms with E-state index in [4.69, 9.17) is 14.2 Å². The van der Waals surface area contributed by atoms with E-state index in [1.54, 1.807) is 0 Å². The molecule has 0 aromatic heterocycles. The molecule has 4 aliphatic rings. The Bertz CT molecular complexity index is 736. The van der Waals surface area contributed by atoms with E-state index in [0.717, 1.165) is 69.3 Å². The molecule has 7 nitrogen and oxygen atoms in total. The van der Waals surface area contributed by atoms with Crippen molar-refractivity contribution in [1.82, 2.24) is 9.80 Å². The second-order valence-electron chi connectivity index (χ2n) is 8.44. The molecule has 1 saturated carbocycles. The first kappa shape index (κ1) is 18.2.